The van der Waals surface area contributed by atoms with E-state index in [1.54, 1.807) is 13.0 Å². The summed E-state index contributed by atoms with van der Waals surface area (Å²) in [6, 6.07) is 6.25. The van der Waals surface area contributed by atoms with Crippen LogP contribution in [0.4, 0.5) is 18.0 Å². The molecule has 1 aromatic carbocycles. The van der Waals surface area contributed by atoms with Crippen molar-refractivity contribution in [3.8, 4) is 0 Å². The Labute approximate surface area is 133 Å². The Kier molecular flexibility index (Phi) is 4.89. The number of halogens is 3. The van der Waals surface area contributed by atoms with E-state index in [1.165, 1.54) is 29.2 Å². The van der Waals surface area contributed by atoms with Crippen molar-refractivity contribution in [2.45, 2.75) is 50.6 Å². The molecule has 2 amide bonds. The zero-order chi connectivity index (χ0) is 17.3. The number of alkyl halides is 3. The Hall–Kier alpha value is -1.76. The van der Waals surface area contributed by atoms with Crippen LogP contribution in [-0.4, -0.2) is 40.9 Å². The number of aliphatic hydroxyl groups is 1. The lowest BCUT2D eigenvalue weighted by atomic mass is 9.91. The largest absolute Gasteiger partial charge is 0.415 e. The van der Waals surface area contributed by atoms with Gasteiger partial charge in [-0.15, -0.1) is 0 Å². The van der Waals surface area contributed by atoms with Crippen LogP contribution in [0.1, 0.15) is 32.3 Å². The summed E-state index contributed by atoms with van der Waals surface area (Å²) in [6.45, 7) is 2.75. The summed E-state index contributed by atoms with van der Waals surface area (Å²) in [5, 5.41) is 11.8. The van der Waals surface area contributed by atoms with Crippen LogP contribution in [0.3, 0.4) is 0 Å². The number of amides is 2. The summed E-state index contributed by atoms with van der Waals surface area (Å²) >= 11 is 0. The van der Waals surface area contributed by atoms with Crippen molar-refractivity contribution >= 4 is 6.03 Å². The van der Waals surface area contributed by atoms with Crippen molar-refractivity contribution in [1.29, 1.82) is 0 Å². The first kappa shape index (κ1) is 17.6. The molecular formula is C16H21F3N2O2. The van der Waals surface area contributed by atoms with Crippen LogP contribution < -0.4 is 5.32 Å². The molecule has 3 atom stereocenters. The summed E-state index contributed by atoms with van der Waals surface area (Å²) in [4.78, 5) is 13.7. The van der Waals surface area contributed by atoms with Gasteiger partial charge in [0.1, 0.15) is 0 Å². The molecule has 23 heavy (non-hydrogen) atoms. The molecule has 1 aliphatic heterocycles. The van der Waals surface area contributed by atoms with Gasteiger partial charge in [-0.1, -0.05) is 30.3 Å². The predicted octanol–water partition coefficient (Wildman–Crippen LogP) is 3.02. The maximum Gasteiger partial charge on any atom is 0.415 e. The van der Waals surface area contributed by atoms with Gasteiger partial charge in [0.2, 0.25) is 0 Å². The van der Waals surface area contributed by atoms with Crippen LogP contribution in [0, 0.1) is 0 Å². The number of nitrogens with one attached hydrogen (secondary N) is 1. The van der Waals surface area contributed by atoms with Gasteiger partial charge in [0.15, 0.2) is 5.54 Å². The topological polar surface area (TPSA) is 52.6 Å². The Morgan fingerprint density at radius 1 is 1.26 bits per heavy atom. The van der Waals surface area contributed by atoms with Gasteiger partial charge < -0.3 is 15.3 Å². The molecule has 0 saturated carbocycles. The highest BCUT2D eigenvalue weighted by Crippen LogP contribution is 2.39. The lowest BCUT2D eigenvalue weighted by molar-refractivity contribution is -0.192. The second kappa shape index (κ2) is 6.39. The monoisotopic (exact) mass is 330 g/mol. The number of rotatable bonds is 2. The normalized spacial score (nSPS) is 24.9. The van der Waals surface area contributed by atoms with E-state index in [0.29, 0.717) is 12.8 Å². The molecule has 0 aromatic heterocycles. The first-order chi connectivity index (χ1) is 10.6. The van der Waals surface area contributed by atoms with E-state index < -0.39 is 23.9 Å². The SMILES string of the molecule is C[C@@H]1CC[C@@H](O)CN1C(=O)NC(C)(c1ccccc1)C(F)(F)F. The highest BCUT2D eigenvalue weighted by atomic mass is 19.4. The molecule has 2 rings (SSSR count). The summed E-state index contributed by atoms with van der Waals surface area (Å²) in [5.41, 5.74) is -2.53. The smallest absolute Gasteiger partial charge is 0.391 e. The molecule has 2 N–H and O–H groups in total. The van der Waals surface area contributed by atoms with Gasteiger partial charge in [0.05, 0.1) is 6.10 Å². The molecule has 1 aliphatic rings. The van der Waals surface area contributed by atoms with Crippen LogP contribution in [0.2, 0.25) is 0 Å². The summed E-state index contributed by atoms with van der Waals surface area (Å²) < 4.78 is 40.8. The number of likely N-dealkylation sites (tertiary alicyclic amines) is 1. The molecule has 1 heterocycles. The van der Waals surface area contributed by atoms with Gasteiger partial charge in [-0.3, -0.25) is 0 Å². The van der Waals surface area contributed by atoms with Crippen molar-refractivity contribution in [3.63, 3.8) is 0 Å². The minimum Gasteiger partial charge on any atom is -0.391 e. The molecule has 1 aromatic rings. The summed E-state index contributed by atoms with van der Waals surface area (Å²) in [5.74, 6) is 0. The number of carbonyl (C=O) groups excluding carboxylic acids is 1. The third-order valence-electron chi connectivity index (χ3n) is 4.39. The lowest BCUT2D eigenvalue weighted by Crippen LogP contribution is -2.60. The molecule has 7 heteroatoms. The average Bonchev–Trinajstić information content (AvgIpc) is 2.49. The fourth-order valence-electron chi connectivity index (χ4n) is 2.73. The number of benzene rings is 1. The van der Waals surface area contributed by atoms with Crippen molar-refractivity contribution in [1.82, 2.24) is 10.2 Å². The number of nitrogens with zero attached hydrogens (tertiary/aromatic N) is 1. The number of hydrogen-bond donors (Lipinski definition) is 2. The van der Waals surface area contributed by atoms with Crippen LogP contribution in [0.15, 0.2) is 30.3 Å². The van der Waals surface area contributed by atoms with E-state index in [0.717, 1.165) is 6.92 Å². The van der Waals surface area contributed by atoms with E-state index in [-0.39, 0.29) is 18.2 Å². The van der Waals surface area contributed by atoms with Gasteiger partial charge in [0.25, 0.3) is 0 Å². The highest BCUT2D eigenvalue weighted by Gasteiger charge is 2.54. The first-order valence-corrected chi connectivity index (χ1v) is 7.54. The van der Waals surface area contributed by atoms with Crippen LogP contribution in [0.5, 0.6) is 0 Å². The summed E-state index contributed by atoms with van der Waals surface area (Å²) in [6.07, 6.45) is -4.25. The molecule has 0 bridgehead atoms. The van der Waals surface area contributed by atoms with Crippen LogP contribution >= 0.6 is 0 Å². The van der Waals surface area contributed by atoms with Crippen molar-refractivity contribution in [2.24, 2.45) is 0 Å². The van der Waals surface area contributed by atoms with Gasteiger partial charge in [-0.05, 0) is 32.3 Å². The number of aliphatic hydroxyl groups excluding tert-OH is 1. The molecule has 0 radical (unpaired) electrons. The standard InChI is InChI=1S/C16H21F3N2O2/c1-11-8-9-13(22)10-21(11)14(23)20-15(2,16(17,18)19)12-6-4-3-5-7-12/h3-7,11,13,22H,8-10H2,1-2H3,(H,20,23)/t11-,13-,15?/m1/s1. The van der Waals surface area contributed by atoms with E-state index in [1.807, 2.05) is 0 Å². The maximum absolute atomic E-state index is 13.6. The fraction of sp³-hybridized carbons (Fsp3) is 0.562. The average molecular weight is 330 g/mol. The Bertz CT molecular complexity index is 550. The second-order valence-electron chi connectivity index (χ2n) is 6.15. The molecule has 1 fully saturated rings. The number of piperidine rings is 1. The first-order valence-electron chi connectivity index (χ1n) is 7.54. The van der Waals surface area contributed by atoms with Gasteiger partial charge in [0, 0.05) is 12.6 Å². The van der Waals surface area contributed by atoms with Crippen LogP contribution in [-0.2, 0) is 5.54 Å². The van der Waals surface area contributed by atoms with Crippen molar-refractivity contribution in [2.75, 3.05) is 6.54 Å². The molecular weight excluding hydrogens is 309 g/mol. The summed E-state index contributed by atoms with van der Waals surface area (Å²) in [7, 11) is 0. The minimum atomic E-state index is -4.65. The minimum absolute atomic E-state index is 0.0361. The van der Waals surface area contributed by atoms with E-state index >= 15 is 0 Å². The quantitative estimate of drug-likeness (QED) is 0.876. The maximum atomic E-state index is 13.6. The van der Waals surface area contributed by atoms with E-state index in [9.17, 15) is 23.1 Å². The second-order valence-corrected chi connectivity index (χ2v) is 6.15. The molecule has 0 spiro atoms. The Morgan fingerprint density at radius 3 is 2.43 bits per heavy atom. The van der Waals surface area contributed by atoms with Gasteiger partial charge in [-0.25, -0.2) is 4.79 Å². The fourth-order valence-corrected chi connectivity index (χ4v) is 2.73. The highest BCUT2D eigenvalue weighted by molar-refractivity contribution is 5.76. The number of β-amino-alcohol motifs (C(OH)–C–C–N with tert-alkyl or cyclic N) is 1. The molecule has 128 valence electrons. The molecule has 0 aliphatic carbocycles. The Morgan fingerprint density at radius 2 is 1.87 bits per heavy atom. The van der Waals surface area contributed by atoms with Gasteiger partial charge >= 0.3 is 12.2 Å². The third-order valence-corrected chi connectivity index (χ3v) is 4.39. The molecule has 1 saturated heterocycles. The zero-order valence-electron chi connectivity index (χ0n) is 13.1. The third kappa shape index (κ3) is 3.60. The predicted molar refractivity (Wildman–Crippen MR) is 79.8 cm³/mol. The van der Waals surface area contributed by atoms with Crippen LogP contribution in [0.25, 0.3) is 0 Å². The molecule has 1 unspecified atom stereocenters. The van der Waals surface area contributed by atoms with Crippen molar-refractivity contribution < 1.29 is 23.1 Å². The zero-order valence-corrected chi connectivity index (χ0v) is 13.1. The lowest BCUT2D eigenvalue weighted by Gasteiger charge is -2.40. The number of hydrogen-bond acceptors (Lipinski definition) is 2. The van der Waals surface area contributed by atoms with Gasteiger partial charge in [-0.2, -0.15) is 13.2 Å². The molecule has 4 nitrogen and oxygen atoms in total. The van der Waals surface area contributed by atoms with E-state index in [4.69, 9.17) is 0 Å². The number of urea groups is 1. The number of carbonyl (C=O) groups is 1. The van der Waals surface area contributed by atoms with E-state index in [2.05, 4.69) is 5.32 Å². The van der Waals surface area contributed by atoms with Crippen molar-refractivity contribution in [3.05, 3.63) is 35.9 Å². The Balaban J connectivity index is 2.27.